The summed E-state index contributed by atoms with van der Waals surface area (Å²) in [6.45, 7) is 3.99. The van der Waals surface area contributed by atoms with Gasteiger partial charge in [0.1, 0.15) is 5.75 Å². The molecule has 0 radical (unpaired) electrons. The zero-order valence-corrected chi connectivity index (χ0v) is 13.0. The van der Waals surface area contributed by atoms with Gasteiger partial charge < -0.3 is 4.74 Å². The monoisotopic (exact) mass is 290 g/mol. The normalized spacial score (nSPS) is 10.5. The highest BCUT2D eigenvalue weighted by Gasteiger charge is 2.11. The number of ether oxygens (including phenoxy) is 1. The molecule has 0 unspecified atom stereocenters. The Morgan fingerprint density at radius 3 is 2.18 bits per heavy atom. The van der Waals surface area contributed by atoms with E-state index in [0.29, 0.717) is 0 Å². The van der Waals surface area contributed by atoms with Gasteiger partial charge in [0.2, 0.25) is 0 Å². The highest BCUT2D eigenvalue weighted by atomic mass is 16.5. The number of aryl methyl sites for hydroxylation is 2. The van der Waals surface area contributed by atoms with Gasteiger partial charge in [0, 0.05) is 17.0 Å². The van der Waals surface area contributed by atoms with Crippen molar-refractivity contribution in [2.24, 2.45) is 0 Å². The highest BCUT2D eigenvalue weighted by molar-refractivity contribution is 5.79. The fraction of sp³-hybridized carbons (Fsp3) is 0.158. The molecule has 0 fully saturated rings. The maximum Gasteiger partial charge on any atom is 0.118 e. The third-order valence-corrected chi connectivity index (χ3v) is 3.57. The number of hydrogen-bond donors (Lipinski definition) is 0. The quantitative estimate of drug-likeness (QED) is 0.715. The van der Waals surface area contributed by atoms with Crippen molar-refractivity contribution in [1.82, 2.24) is 9.97 Å². The van der Waals surface area contributed by atoms with Gasteiger partial charge in [-0.2, -0.15) is 0 Å². The van der Waals surface area contributed by atoms with Crippen molar-refractivity contribution in [3.8, 4) is 28.3 Å². The van der Waals surface area contributed by atoms with Gasteiger partial charge in [0.25, 0.3) is 0 Å². The smallest absolute Gasteiger partial charge is 0.118 e. The lowest BCUT2D eigenvalue weighted by Crippen LogP contribution is -1.95. The molecule has 0 N–H and O–H groups in total. The molecule has 3 rings (SSSR count). The van der Waals surface area contributed by atoms with E-state index in [4.69, 9.17) is 9.72 Å². The second-order valence-corrected chi connectivity index (χ2v) is 5.24. The van der Waals surface area contributed by atoms with E-state index in [1.807, 2.05) is 62.4 Å². The molecule has 2 aromatic heterocycles. The zero-order valence-electron chi connectivity index (χ0n) is 13.0. The van der Waals surface area contributed by atoms with Crippen molar-refractivity contribution in [3.05, 3.63) is 66.0 Å². The molecule has 3 aromatic rings. The molecule has 3 heteroatoms. The average Bonchev–Trinajstić information content (AvgIpc) is 2.55. The molecule has 0 bridgehead atoms. The summed E-state index contributed by atoms with van der Waals surface area (Å²) in [4.78, 5) is 9.33. The van der Waals surface area contributed by atoms with Crippen LogP contribution in [0.2, 0.25) is 0 Å². The Morgan fingerprint density at radius 1 is 0.773 bits per heavy atom. The molecule has 1 aromatic carbocycles. The van der Waals surface area contributed by atoms with Crippen LogP contribution in [0.1, 0.15) is 11.4 Å². The minimum Gasteiger partial charge on any atom is -0.497 e. The van der Waals surface area contributed by atoms with Gasteiger partial charge in [-0.3, -0.25) is 9.97 Å². The van der Waals surface area contributed by atoms with Crippen LogP contribution >= 0.6 is 0 Å². The van der Waals surface area contributed by atoms with Crippen LogP contribution < -0.4 is 4.74 Å². The number of aromatic nitrogens is 2. The second kappa shape index (κ2) is 5.98. The van der Waals surface area contributed by atoms with E-state index in [2.05, 4.69) is 11.1 Å². The fourth-order valence-electron chi connectivity index (χ4n) is 2.43. The van der Waals surface area contributed by atoms with E-state index in [9.17, 15) is 0 Å². The maximum absolute atomic E-state index is 5.23. The van der Waals surface area contributed by atoms with E-state index in [1.165, 1.54) is 0 Å². The van der Waals surface area contributed by atoms with Gasteiger partial charge in [-0.1, -0.05) is 24.3 Å². The predicted octanol–water partition coefficient (Wildman–Crippen LogP) is 4.44. The van der Waals surface area contributed by atoms with Gasteiger partial charge in [-0.25, -0.2) is 0 Å². The molecule has 0 aliphatic heterocycles. The zero-order chi connectivity index (χ0) is 15.5. The summed E-state index contributed by atoms with van der Waals surface area (Å²) >= 11 is 0. The Labute approximate surface area is 130 Å². The fourth-order valence-corrected chi connectivity index (χ4v) is 2.43. The van der Waals surface area contributed by atoms with E-state index in [-0.39, 0.29) is 0 Å². The average molecular weight is 290 g/mol. The lowest BCUT2D eigenvalue weighted by atomic mass is 10.0. The molecule has 0 atom stereocenters. The van der Waals surface area contributed by atoms with Crippen LogP contribution in [-0.4, -0.2) is 17.1 Å². The molecule has 3 nitrogen and oxygen atoms in total. The first kappa shape index (κ1) is 14.3. The van der Waals surface area contributed by atoms with Crippen molar-refractivity contribution in [3.63, 3.8) is 0 Å². The Balaban J connectivity index is 2.15. The lowest BCUT2D eigenvalue weighted by Gasteiger charge is -2.11. The molecule has 0 spiro atoms. The third kappa shape index (κ3) is 2.84. The summed E-state index contributed by atoms with van der Waals surface area (Å²) in [7, 11) is 1.67. The summed E-state index contributed by atoms with van der Waals surface area (Å²) < 4.78 is 5.23. The first-order valence-electron chi connectivity index (χ1n) is 7.23. The summed E-state index contributed by atoms with van der Waals surface area (Å²) in [5.74, 6) is 0.846. The van der Waals surface area contributed by atoms with Crippen LogP contribution in [0, 0.1) is 13.8 Å². The van der Waals surface area contributed by atoms with E-state index < -0.39 is 0 Å². The summed E-state index contributed by atoms with van der Waals surface area (Å²) in [6, 6.07) is 18.1. The number of benzene rings is 1. The number of methoxy groups -OCH3 is 1. The molecule has 110 valence electrons. The summed E-state index contributed by atoms with van der Waals surface area (Å²) in [5.41, 5.74) is 5.96. The van der Waals surface area contributed by atoms with Gasteiger partial charge in [0.15, 0.2) is 0 Å². The maximum atomic E-state index is 5.23. The van der Waals surface area contributed by atoms with Gasteiger partial charge in [0.05, 0.1) is 18.5 Å². The number of hydrogen-bond acceptors (Lipinski definition) is 3. The van der Waals surface area contributed by atoms with Crippen LogP contribution in [0.3, 0.4) is 0 Å². The molecular weight excluding hydrogens is 272 g/mol. The van der Waals surface area contributed by atoms with Crippen LogP contribution in [0.5, 0.6) is 5.75 Å². The Bertz CT molecular complexity index is 795. The number of pyridine rings is 2. The molecular formula is C19H18N2O. The molecule has 0 amide bonds. The highest BCUT2D eigenvalue weighted by Crippen LogP contribution is 2.31. The second-order valence-electron chi connectivity index (χ2n) is 5.24. The first-order chi connectivity index (χ1) is 10.7. The van der Waals surface area contributed by atoms with Crippen molar-refractivity contribution in [1.29, 1.82) is 0 Å². The van der Waals surface area contributed by atoms with Gasteiger partial charge in [-0.05, 0) is 49.7 Å². The molecule has 22 heavy (non-hydrogen) atoms. The topological polar surface area (TPSA) is 35.0 Å². The predicted molar refractivity (Wildman–Crippen MR) is 88.9 cm³/mol. The van der Waals surface area contributed by atoms with Crippen LogP contribution in [0.15, 0.2) is 54.6 Å². The van der Waals surface area contributed by atoms with Gasteiger partial charge in [-0.15, -0.1) is 0 Å². The molecule has 0 saturated heterocycles. The summed E-state index contributed by atoms with van der Waals surface area (Å²) in [6.07, 6.45) is 0. The third-order valence-electron chi connectivity index (χ3n) is 3.57. The SMILES string of the molecule is COc1ccc(-c2ccc(C)nc2-c2cccc(C)n2)cc1. The Kier molecular flexibility index (Phi) is 3.88. The molecule has 2 heterocycles. The van der Waals surface area contributed by atoms with Crippen LogP contribution in [0.4, 0.5) is 0 Å². The van der Waals surface area contributed by atoms with Crippen LogP contribution in [0.25, 0.3) is 22.5 Å². The Morgan fingerprint density at radius 2 is 1.50 bits per heavy atom. The standard InChI is InChI=1S/C19H18N2O/c1-13-5-4-6-18(20-13)19-17(12-7-14(2)21-19)15-8-10-16(22-3)11-9-15/h4-12H,1-3H3. The van der Waals surface area contributed by atoms with E-state index in [1.54, 1.807) is 7.11 Å². The van der Waals surface area contributed by atoms with Gasteiger partial charge >= 0.3 is 0 Å². The molecule has 0 aliphatic carbocycles. The van der Waals surface area contributed by atoms with Crippen molar-refractivity contribution in [2.45, 2.75) is 13.8 Å². The summed E-state index contributed by atoms with van der Waals surface area (Å²) in [5, 5.41) is 0. The van der Waals surface area contributed by atoms with Crippen molar-refractivity contribution in [2.75, 3.05) is 7.11 Å². The van der Waals surface area contributed by atoms with Crippen molar-refractivity contribution < 1.29 is 4.74 Å². The molecule has 0 saturated carbocycles. The largest absolute Gasteiger partial charge is 0.497 e. The van der Waals surface area contributed by atoms with Crippen molar-refractivity contribution >= 4 is 0 Å². The minimum absolute atomic E-state index is 0.846. The number of nitrogens with zero attached hydrogens (tertiary/aromatic N) is 2. The first-order valence-corrected chi connectivity index (χ1v) is 7.23. The van der Waals surface area contributed by atoms with Crippen LogP contribution in [-0.2, 0) is 0 Å². The Hall–Kier alpha value is -2.68. The molecule has 0 aliphatic rings. The van der Waals surface area contributed by atoms with E-state index >= 15 is 0 Å². The number of rotatable bonds is 3. The van der Waals surface area contributed by atoms with E-state index in [0.717, 1.165) is 39.7 Å². The minimum atomic E-state index is 0.846. The lowest BCUT2D eigenvalue weighted by molar-refractivity contribution is 0.415.